The lowest BCUT2D eigenvalue weighted by Gasteiger charge is -2.43. The van der Waals surface area contributed by atoms with Crippen LogP contribution in [0.3, 0.4) is 0 Å². The molecule has 0 fully saturated rings. The highest BCUT2D eigenvalue weighted by atomic mass is 16.4. The summed E-state index contributed by atoms with van der Waals surface area (Å²) in [5.41, 5.74) is -2.23. The Hall–Kier alpha value is -2.53. The van der Waals surface area contributed by atoms with Crippen molar-refractivity contribution < 1.29 is 45.0 Å². The predicted octanol–water partition coefficient (Wildman–Crippen LogP) is 1.21. The number of carbonyl (C=O) groups excluding carboxylic acids is 2. The Bertz CT molecular complexity index is 977. The number of aliphatic hydroxyl groups is 4. The maximum Gasteiger partial charge on any atom is 0.310 e. The number of nitrogens with zero attached hydrogens (tertiary/aromatic N) is 1. The van der Waals surface area contributed by atoms with Gasteiger partial charge in [-0.15, -0.1) is 0 Å². The second kappa shape index (κ2) is 12.1. The summed E-state index contributed by atoms with van der Waals surface area (Å²) in [5.74, 6) is -4.61. The summed E-state index contributed by atoms with van der Waals surface area (Å²) < 4.78 is 0. The van der Waals surface area contributed by atoms with E-state index in [9.17, 15) is 39.9 Å². The number of anilines is 1. The molecule has 10 heteroatoms. The minimum atomic E-state index is -2.16. The van der Waals surface area contributed by atoms with Gasteiger partial charge in [-0.3, -0.25) is 14.4 Å². The van der Waals surface area contributed by atoms with E-state index in [-0.39, 0.29) is 17.7 Å². The predicted molar refractivity (Wildman–Crippen MR) is 132 cm³/mol. The first-order chi connectivity index (χ1) is 16.8. The zero-order chi connectivity index (χ0) is 27.3. The molecule has 0 saturated carbocycles. The molecule has 10 nitrogen and oxygen atoms in total. The molecule has 202 valence electrons. The summed E-state index contributed by atoms with van der Waals surface area (Å²) in [6.07, 6.45) is 0.875. The van der Waals surface area contributed by atoms with Crippen molar-refractivity contribution in [3.05, 3.63) is 22.8 Å². The van der Waals surface area contributed by atoms with Gasteiger partial charge in [-0.1, -0.05) is 19.8 Å². The van der Waals surface area contributed by atoms with Crippen molar-refractivity contribution in [3.8, 4) is 5.75 Å². The van der Waals surface area contributed by atoms with Crippen LogP contribution in [0.1, 0.15) is 73.4 Å². The molecule has 1 aliphatic rings. The molecule has 0 aromatic heterocycles. The topological polar surface area (TPSA) is 176 Å². The fourth-order valence-electron chi connectivity index (χ4n) is 5.28. The largest absolute Gasteiger partial charge is 0.507 e. The molecule has 0 bridgehead atoms. The van der Waals surface area contributed by atoms with Gasteiger partial charge in [-0.25, -0.2) is 0 Å². The second-order valence-electron chi connectivity index (χ2n) is 10.1. The lowest BCUT2D eigenvalue weighted by Crippen LogP contribution is -2.53. The fraction of sp³-hybridized carbons (Fsp3) is 0.654. The molecule has 0 amide bonds. The molecule has 0 saturated heterocycles. The third kappa shape index (κ3) is 6.61. The third-order valence-corrected chi connectivity index (χ3v) is 6.99. The van der Waals surface area contributed by atoms with Crippen LogP contribution in [0.5, 0.6) is 5.75 Å². The Morgan fingerprint density at radius 1 is 1.19 bits per heavy atom. The molecule has 0 spiro atoms. The number of phenols is 1. The van der Waals surface area contributed by atoms with E-state index in [1.165, 1.54) is 0 Å². The summed E-state index contributed by atoms with van der Waals surface area (Å²) in [6, 6.07) is 1.79. The van der Waals surface area contributed by atoms with E-state index in [2.05, 4.69) is 6.92 Å². The number of rotatable bonds is 14. The molecule has 0 aliphatic heterocycles. The van der Waals surface area contributed by atoms with Crippen LogP contribution < -0.4 is 4.90 Å². The summed E-state index contributed by atoms with van der Waals surface area (Å²) in [5, 5.41) is 62.2. The van der Waals surface area contributed by atoms with E-state index >= 15 is 0 Å². The van der Waals surface area contributed by atoms with Crippen LogP contribution in [-0.2, 0) is 22.4 Å². The first kappa shape index (κ1) is 29.7. The van der Waals surface area contributed by atoms with Crippen molar-refractivity contribution in [2.24, 2.45) is 5.92 Å². The standard InChI is InChI=1S/C26H39NO9/c1-4-5-6-7-16-10-19(27(2)3)17-12-25(35,13-21(31)23(17)24(16)34)15-26(36,8-9-28)18(14-29)20(30)11-22(32)33/h10,18,28-29,34-36H,4-9,11-15H2,1-3H3,(H,32,33). The zero-order valence-electron chi connectivity index (χ0n) is 21.3. The van der Waals surface area contributed by atoms with E-state index in [0.29, 0.717) is 23.2 Å². The number of hydrogen-bond acceptors (Lipinski definition) is 9. The van der Waals surface area contributed by atoms with Crippen LogP contribution in [0.4, 0.5) is 5.69 Å². The van der Waals surface area contributed by atoms with E-state index in [1.807, 2.05) is 0 Å². The highest BCUT2D eigenvalue weighted by Gasteiger charge is 2.50. The number of unbranched alkanes of at least 4 members (excludes halogenated alkanes) is 2. The molecule has 3 unspecified atom stereocenters. The van der Waals surface area contributed by atoms with Crippen LogP contribution in [0, 0.1) is 5.92 Å². The molecule has 6 N–H and O–H groups in total. The maximum absolute atomic E-state index is 13.3. The summed E-state index contributed by atoms with van der Waals surface area (Å²) in [6.45, 7) is 0.573. The summed E-state index contributed by atoms with van der Waals surface area (Å²) >= 11 is 0. The molecule has 1 aromatic carbocycles. The number of carboxylic acids is 1. The Balaban J connectivity index is 2.51. The monoisotopic (exact) mass is 509 g/mol. The summed E-state index contributed by atoms with van der Waals surface area (Å²) in [7, 11) is 3.55. The normalized spacial score (nSPS) is 19.9. The highest BCUT2D eigenvalue weighted by Crippen LogP contribution is 2.45. The van der Waals surface area contributed by atoms with Gasteiger partial charge >= 0.3 is 5.97 Å². The van der Waals surface area contributed by atoms with Gasteiger partial charge in [0.05, 0.1) is 29.3 Å². The van der Waals surface area contributed by atoms with Gasteiger partial charge in [0.15, 0.2) is 11.6 Å². The van der Waals surface area contributed by atoms with Crippen molar-refractivity contribution >= 4 is 23.2 Å². The van der Waals surface area contributed by atoms with Gasteiger partial charge in [-0.05, 0) is 30.0 Å². The molecule has 1 aromatic rings. The number of phenolic OH excluding ortho intramolecular Hbond substituents is 1. The number of aryl methyl sites for hydroxylation is 1. The van der Waals surface area contributed by atoms with Crippen LogP contribution >= 0.6 is 0 Å². The number of aliphatic carboxylic acids is 1. The third-order valence-electron chi connectivity index (χ3n) is 6.99. The molecule has 0 heterocycles. The van der Waals surface area contributed by atoms with Crippen LogP contribution in [0.25, 0.3) is 0 Å². The Morgan fingerprint density at radius 3 is 2.39 bits per heavy atom. The average molecular weight is 510 g/mol. The van der Waals surface area contributed by atoms with E-state index in [4.69, 9.17) is 5.11 Å². The van der Waals surface area contributed by atoms with E-state index in [1.54, 1.807) is 25.1 Å². The van der Waals surface area contributed by atoms with Crippen molar-refractivity contribution in [2.75, 3.05) is 32.2 Å². The molecular weight excluding hydrogens is 470 g/mol. The Morgan fingerprint density at radius 2 is 1.86 bits per heavy atom. The molecule has 1 aliphatic carbocycles. The van der Waals surface area contributed by atoms with E-state index < -0.39 is 73.6 Å². The number of aliphatic hydroxyl groups excluding tert-OH is 2. The lowest BCUT2D eigenvalue weighted by molar-refractivity contribution is -0.151. The number of benzene rings is 1. The molecular formula is C26H39NO9. The van der Waals surface area contributed by atoms with Gasteiger partial charge in [0, 0.05) is 52.1 Å². The smallest absolute Gasteiger partial charge is 0.310 e. The first-order valence-corrected chi connectivity index (χ1v) is 12.3. The number of Topliss-reactive ketones (excluding diaryl/α,β-unsaturated/α-hetero) is 2. The minimum Gasteiger partial charge on any atom is -0.507 e. The minimum absolute atomic E-state index is 0.116. The SMILES string of the molecule is CCCCCc1cc(N(C)C)c2c(c1O)C(=O)CC(O)(CC(O)(CCO)C(CO)C(=O)CC(=O)O)C2. The van der Waals surface area contributed by atoms with Gasteiger partial charge in [-0.2, -0.15) is 0 Å². The van der Waals surface area contributed by atoms with Gasteiger partial charge in [0.25, 0.3) is 0 Å². The molecule has 3 atom stereocenters. The van der Waals surface area contributed by atoms with Crippen molar-refractivity contribution in [1.82, 2.24) is 0 Å². The fourth-order valence-corrected chi connectivity index (χ4v) is 5.28. The summed E-state index contributed by atoms with van der Waals surface area (Å²) in [4.78, 5) is 38.6. The molecule has 0 radical (unpaired) electrons. The Labute approximate surface area is 211 Å². The zero-order valence-corrected chi connectivity index (χ0v) is 21.3. The van der Waals surface area contributed by atoms with Crippen molar-refractivity contribution in [2.45, 2.75) is 75.9 Å². The van der Waals surface area contributed by atoms with Crippen LogP contribution in [0.15, 0.2) is 6.07 Å². The number of ketones is 2. The number of fused-ring (bicyclic) bond motifs is 1. The second-order valence-corrected chi connectivity index (χ2v) is 10.1. The molecule has 2 rings (SSSR count). The number of carbonyl (C=O) groups is 3. The number of carboxylic acid groups (broad SMARTS) is 1. The lowest BCUT2D eigenvalue weighted by atomic mass is 9.68. The van der Waals surface area contributed by atoms with Crippen LogP contribution in [-0.4, -0.2) is 86.7 Å². The average Bonchev–Trinajstić information content (AvgIpc) is 2.74. The van der Waals surface area contributed by atoms with Gasteiger partial charge < -0.3 is 35.5 Å². The van der Waals surface area contributed by atoms with Crippen molar-refractivity contribution in [1.29, 1.82) is 0 Å². The number of hydrogen-bond donors (Lipinski definition) is 6. The number of aromatic hydroxyl groups is 1. The van der Waals surface area contributed by atoms with Crippen LogP contribution in [0.2, 0.25) is 0 Å². The van der Waals surface area contributed by atoms with Gasteiger partial charge in [0.2, 0.25) is 0 Å². The first-order valence-electron chi connectivity index (χ1n) is 12.3. The maximum atomic E-state index is 13.3. The highest BCUT2D eigenvalue weighted by molar-refractivity contribution is 6.04. The quantitative estimate of drug-likeness (QED) is 0.158. The Kier molecular flexibility index (Phi) is 10.0. The van der Waals surface area contributed by atoms with E-state index in [0.717, 1.165) is 19.3 Å². The molecule has 36 heavy (non-hydrogen) atoms. The van der Waals surface area contributed by atoms with Crippen molar-refractivity contribution in [3.63, 3.8) is 0 Å². The van der Waals surface area contributed by atoms with Gasteiger partial charge in [0.1, 0.15) is 12.2 Å².